The Labute approximate surface area is 176 Å². The van der Waals surface area contributed by atoms with E-state index < -0.39 is 11.6 Å². The van der Waals surface area contributed by atoms with Gasteiger partial charge in [-0.15, -0.1) is 0 Å². The summed E-state index contributed by atoms with van der Waals surface area (Å²) in [6, 6.07) is 14.1. The Morgan fingerprint density at radius 1 is 1.07 bits per heavy atom. The molecule has 1 atom stereocenters. The van der Waals surface area contributed by atoms with Gasteiger partial charge < -0.3 is 19.1 Å². The predicted molar refractivity (Wildman–Crippen MR) is 110 cm³/mol. The molecule has 0 aliphatic carbocycles. The van der Waals surface area contributed by atoms with Crippen molar-refractivity contribution in [3.63, 3.8) is 0 Å². The minimum absolute atomic E-state index is 0.0817. The molecule has 0 N–H and O–H groups in total. The van der Waals surface area contributed by atoms with Crippen LogP contribution < -0.4 is 4.74 Å². The summed E-state index contributed by atoms with van der Waals surface area (Å²) >= 11 is 0. The zero-order chi connectivity index (χ0) is 21.0. The number of carbonyl (C=O) groups is 1. The number of benzene rings is 2. The van der Waals surface area contributed by atoms with Crippen LogP contribution in [0.25, 0.3) is 0 Å². The molecule has 2 saturated heterocycles. The summed E-state index contributed by atoms with van der Waals surface area (Å²) in [5.41, 5.74) is 1.25. The average molecular weight is 414 g/mol. The van der Waals surface area contributed by atoms with E-state index in [1.807, 2.05) is 24.3 Å². The van der Waals surface area contributed by atoms with Gasteiger partial charge in [-0.25, -0.2) is 4.39 Å². The fourth-order valence-electron chi connectivity index (χ4n) is 4.05. The lowest BCUT2D eigenvalue weighted by Crippen LogP contribution is -2.59. The predicted octanol–water partition coefficient (Wildman–Crippen LogP) is 2.93. The summed E-state index contributed by atoms with van der Waals surface area (Å²) in [4.78, 5) is 16.8. The fourth-order valence-corrected chi connectivity index (χ4v) is 4.05. The molecule has 4 rings (SSSR count). The van der Waals surface area contributed by atoms with Crippen molar-refractivity contribution in [1.82, 2.24) is 9.80 Å². The topological polar surface area (TPSA) is 51.2 Å². The van der Waals surface area contributed by atoms with Crippen LogP contribution in [0.4, 0.5) is 4.39 Å². The second-order valence-electron chi connectivity index (χ2n) is 7.73. The lowest BCUT2D eigenvalue weighted by Gasteiger charge is -2.43. The second kappa shape index (κ2) is 9.12. The molecule has 1 unspecified atom stereocenters. The zero-order valence-corrected chi connectivity index (χ0v) is 17.2. The quantitative estimate of drug-likeness (QED) is 0.770. The molecule has 0 aromatic heterocycles. The molecule has 1 spiro atoms. The SMILES string of the molecule is COc1ccc(CN2CCCOC3(C2)CN(C(=O)c2ccccc2F)CCO3)cc1. The summed E-state index contributed by atoms with van der Waals surface area (Å²) in [6.07, 6.45) is 0.878. The number of halogens is 1. The third-order valence-corrected chi connectivity index (χ3v) is 5.56. The lowest BCUT2D eigenvalue weighted by molar-refractivity contribution is -0.261. The van der Waals surface area contributed by atoms with Gasteiger partial charge >= 0.3 is 0 Å². The second-order valence-corrected chi connectivity index (χ2v) is 7.73. The summed E-state index contributed by atoms with van der Waals surface area (Å²) < 4.78 is 31.5. The number of morpholine rings is 1. The summed E-state index contributed by atoms with van der Waals surface area (Å²) in [6.45, 7) is 3.77. The van der Waals surface area contributed by atoms with Gasteiger partial charge in [0.1, 0.15) is 11.6 Å². The third-order valence-electron chi connectivity index (χ3n) is 5.56. The molecular weight excluding hydrogens is 387 g/mol. The number of ether oxygens (including phenoxy) is 3. The molecule has 160 valence electrons. The number of amides is 1. The molecule has 1 amide bonds. The van der Waals surface area contributed by atoms with E-state index in [0.717, 1.165) is 25.3 Å². The maximum atomic E-state index is 14.1. The number of nitrogens with zero attached hydrogens (tertiary/aromatic N) is 2. The standard InChI is InChI=1S/C23H27FN2O4/c1-28-19-9-7-18(8-10-19)15-25-11-4-13-29-23(16-25)17-26(12-14-30-23)22(27)20-5-2-3-6-21(20)24/h2-3,5-10H,4,11-17H2,1H3. The van der Waals surface area contributed by atoms with Gasteiger partial charge in [-0.2, -0.15) is 0 Å². The van der Waals surface area contributed by atoms with Crippen molar-refractivity contribution in [1.29, 1.82) is 0 Å². The Morgan fingerprint density at radius 3 is 2.60 bits per heavy atom. The smallest absolute Gasteiger partial charge is 0.257 e. The van der Waals surface area contributed by atoms with Gasteiger partial charge in [-0.1, -0.05) is 24.3 Å². The fraction of sp³-hybridized carbons (Fsp3) is 0.435. The Bertz CT molecular complexity index is 876. The first-order valence-electron chi connectivity index (χ1n) is 10.3. The van der Waals surface area contributed by atoms with Gasteiger partial charge in [0.15, 0.2) is 5.79 Å². The average Bonchev–Trinajstić information content (AvgIpc) is 2.96. The van der Waals surface area contributed by atoms with E-state index in [4.69, 9.17) is 14.2 Å². The van der Waals surface area contributed by atoms with E-state index in [0.29, 0.717) is 26.3 Å². The van der Waals surface area contributed by atoms with Crippen LogP contribution in [0, 0.1) is 5.82 Å². The molecular formula is C23H27FN2O4. The van der Waals surface area contributed by atoms with E-state index >= 15 is 0 Å². The van der Waals surface area contributed by atoms with Gasteiger partial charge in [0.05, 0.1) is 39.0 Å². The Kier molecular flexibility index (Phi) is 6.32. The van der Waals surface area contributed by atoms with Crippen LogP contribution in [-0.2, 0) is 16.0 Å². The maximum Gasteiger partial charge on any atom is 0.257 e. The molecule has 0 radical (unpaired) electrons. The van der Waals surface area contributed by atoms with Crippen LogP contribution >= 0.6 is 0 Å². The highest BCUT2D eigenvalue weighted by Gasteiger charge is 2.42. The number of rotatable bonds is 4. The Morgan fingerprint density at radius 2 is 1.83 bits per heavy atom. The normalized spacial score (nSPS) is 22.7. The molecule has 2 aromatic rings. The third kappa shape index (κ3) is 4.64. The van der Waals surface area contributed by atoms with Crippen LogP contribution in [0.5, 0.6) is 5.75 Å². The van der Waals surface area contributed by atoms with Crippen molar-refractivity contribution in [3.05, 3.63) is 65.5 Å². The van der Waals surface area contributed by atoms with E-state index in [1.54, 1.807) is 24.1 Å². The van der Waals surface area contributed by atoms with E-state index in [2.05, 4.69) is 4.90 Å². The summed E-state index contributed by atoms with van der Waals surface area (Å²) in [5.74, 6) is -0.911. The molecule has 2 heterocycles. The molecule has 7 heteroatoms. The molecule has 30 heavy (non-hydrogen) atoms. The van der Waals surface area contributed by atoms with Gasteiger partial charge in [0.2, 0.25) is 0 Å². The summed E-state index contributed by atoms with van der Waals surface area (Å²) in [7, 11) is 1.65. The number of hydrogen-bond donors (Lipinski definition) is 0. The first-order valence-corrected chi connectivity index (χ1v) is 10.3. The number of methoxy groups -OCH3 is 1. The van der Waals surface area contributed by atoms with Crippen molar-refractivity contribution >= 4 is 5.91 Å². The number of hydrogen-bond acceptors (Lipinski definition) is 5. The van der Waals surface area contributed by atoms with Gasteiger partial charge in [0, 0.05) is 19.6 Å². The van der Waals surface area contributed by atoms with Crippen molar-refractivity contribution < 1.29 is 23.4 Å². The van der Waals surface area contributed by atoms with Crippen molar-refractivity contribution in [2.75, 3.05) is 46.5 Å². The van der Waals surface area contributed by atoms with Gasteiger partial charge in [-0.3, -0.25) is 9.69 Å². The van der Waals surface area contributed by atoms with Crippen molar-refractivity contribution in [3.8, 4) is 5.75 Å². The molecule has 2 fully saturated rings. The summed E-state index contributed by atoms with van der Waals surface area (Å²) in [5, 5.41) is 0. The monoisotopic (exact) mass is 414 g/mol. The molecule has 2 aromatic carbocycles. The highest BCUT2D eigenvalue weighted by molar-refractivity contribution is 5.94. The molecule has 0 saturated carbocycles. The van der Waals surface area contributed by atoms with Crippen LogP contribution in [-0.4, -0.2) is 68.0 Å². The van der Waals surface area contributed by atoms with Crippen molar-refractivity contribution in [2.24, 2.45) is 0 Å². The molecule has 0 bridgehead atoms. The Hall–Kier alpha value is -2.48. The maximum absolute atomic E-state index is 14.1. The highest BCUT2D eigenvalue weighted by Crippen LogP contribution is 2.27. The molecule has 2 aliphatic rings. The first kappa shape index (κ1) is 20.8. The van der Waals surface area contributed by atoms with Gasteiger partial charge in [-0.05, 0) is 36.2 Å². The van der Waals surface area contributed by atoms with Crippen molar-refractivity contribution in [2.45, 2.75) is 18.8 Å². The lowest BCUT2D eigenvalue weighted by atomic mass is 10.1. The molecule has 6 nitrogen and oxygen atoms in total. The van der Waals surface area contributed by atoms with E-state index in [9.17, 15) is 9.18 Å². The minimum atomic E-state index is -0.901. The van der Waals surface area contributed by atoms with Crippen LogP contribution in [0.3, 0.4) is 0 Å². The number of carbonyl (C=O) groups excluding carboxylic acids is 1. The zero-order valence-electron chi connectivity index (χ0n) is 17.2. The van der Waals surface area contributed by atoms with E-state index in [-0.39, 0.29) is 18.0 Å². The van der Waals surface area contributed by atoms with E-state index in [1.165, 1.54) is 17.7 Å². The first-order chi connectivity index (χ1) is 14.6. The van der Waals surface area contributed by atoms with Gasteiger partial charge in [0.25, 0.3) is 5.91 Å². The molecule has 2 aliphatic heterocycles. The minimum Gasteiger partial charge on any atom is -0.497 e. The highest BCUT2D eigenvalue weighted by atomic mass is 19.1. The van der Waals surface area contributed by atoms with Crippen LogP contribution in [0.1, 0.15) is 22.3 Å². The Balaban J connectivity index is 1.47. The van der Waals surface area contributed by atoms with Crippen LogP contribution in [0.15, 0.2) is 48.5 Å². The van der Waals surface area contributed by atoms with Crippen LogP contribution in [0.2, 0.25) is 0 Å². The largest absolute Gasteiger partial charge is 0.497 e.